The Labute approximate surface area is 194 Å². The Kier molecular flexibility index (Phi) is 6.44. The molecule has 0 bridgehead atoms. The summed E-state index contributed by atoms with van der Waals surface area (Å²) in [7, 11) is 0. The van der Waals surface area contributed by atoms with E-state index in [1.165, 1.54) is 12.1 Å². The maximum Gasteiger partial charge on any atom is 0.352 e. The van der Waals surface area contributed by atoms with Gasteiger partial charge in [0, 0.05) is 25.0 Å². The monoisotopic (exact) mass is 459 g/mol. The van der Waals surface area contributed by atoms with Crippen LogP contribution in [0.5, 0.6) is 0 Å². The van der Waals surface area contributed by atoms with Crippen molar-refractivity contribution < 1.29 is 9.18 Å². The molecule has 172 valence electrons. The number of pyridine rings is 1. The maximum absolute atomic E-state index is 14.2. The molecule has 0 saturated carbocycles. The van der Waals surface area contributed by atoms with E-state index < -0.39 is 28.7 Å². The Morgan fingerprint density at radius 3 is 2.47 bits per heavy atom. The average Bonchev–Trinajstić information content (AvgIpc) is 2.84. The van der Waals surface area contributed by atoms with Crippen LogP contribution in [0.25, 0.3) is 5.69 Å². The quantitative estimate of drug-likeness (QED) is 0.478. The second kappa shape index (κ2) is 9.62. The zero-order valence-corrected chi connectivity index (χ0v) is 18.7. The van der Waals surface area contributed by atoms with E-state index in [4.69, 9.17) is 0 Å². The fraction of sp³-hybridized carbons (Fsp3) is 0.160. The molecule has 2 aromatic heterocycles. The van der Waals surface area contributed by atoms with Crippen LogP contribution in [0.4, 0.5) is 4.39 Å². The average molecular weight is 459 g/mol. The van der Waals surface area contributed by atoms with Crippen LogP contribution in [0.3, 0.4) is 0 Å². The Balaban J connectivity index is 1.80. The van der Waals surface area contributed by atoms with Gasteiger partial charge in [-0.2, -0.15) is 9.78 Å². The Morgan fingerprint density at radius 1 is 1.03 bits per heavy atom. The zero-order valence-electron chi connectivity index (χ0n) is 18.7. The number of carbonyl (C=O) groups excluding carboxylic acids is 1. The van der Waals surface area contributed by atoms with Crippen LogP contribution in [0, 0.1) is 19.7 Å². The summed E-state index contributed by atoms with van der Waals surface area (Å²) in [5.41, 5.74) is 0.844. The lowest BCUT2D eigenvalue weighted by molar-refractivity contribution is 0.0941. The minimum absolute atomic E-state index is 0.0717. The highest BCUT2D eigenvalue weighted by atomic mass is 19.1. The summed E-state index contributed by atoms with van der Waals surface area (Å²) in [4.78, 5) is 43.3. The van der Waals surface area contributed by atoms with Gasteiger partial charge in [0.15, 0.2) is 0 Å². The van der Waals surface area contributed by atoms with Crippen molar-refractivity contribution in [3.8, 4) is 5.69 Å². The van der Waals surface area contributed by atoms with Gasteiger partial charge in [0.2, 0.25) is 5.69 Å². The fourth-order valence-corrected chi connectivity index (χ4v) is 3.32. The number of carbonyl (C=O) groups is 1. The summed E-state index contributed by atoms with van der Waals surface area (Å²) >= 11 is 0. The van der Waals surface area contributed by atoms with Crippen molar-refractivity contribution in [2.24, 2.45) is 0 Å². The van der Waals surface area contributed by atoms with Gasteiger partial charge in [-0.15, -0.1) is 0 Å². The number of rotatable bonds is 6. The summed E-state index contributed by atoms with van der Waals surface area (Å²) in [6.07, 6.45) is 3.19. The lowest BCUT2D eigenvalue weighted by Gasteiger charge is -2.13. The maximum atomic E-state index is 14.2. The van der Waals surface area contributed by atoms with Crippen LogP contribution < -0.4 is 16.6 Å². The van der Waals surface area contributed by atoms with E-state index in [1.54, 1.807) is 43.6 Å². The number of hydrogen-bond acceptors (Lipinski definition) is 5. The minimum Gasteiger partial charge on any atom is -0.346 e. The van der Waals surface area contributed by atoms with Crippen LogP contribution >= 0.6 is 0 Å². The van der Waals surface area contributed by atoms with E-state index in [9.17, 15) is 18.8 Å². The molecule has 8 nitrogen and oxygen atoms in total. The van der Waals surface area contributed by atoms with E-state index in [0.29, 0.717) is 11.1 Å². The lowest BCUT2D eigenvalue weighted by Crippen LogP contribution is -2.46. The molecule has 0 unspecified atom stereocenters. The number of benzene rings is 2. The Morgan fingerprint density at radius 2 is 1.79 bits per heavy atom. The van der Waals surface area contributed by atoms with E-state index in [0.717, 1.165) is 26.4 Å². The molecule has 0 saturated heterocycles. The highest BCUT2D eigenvalue weighted by Crippen LogP contribution is 2.11. The SMILES string of the molecule is Cc1ccc(Cn2c(=O)c(C(=O)NCc3cccnc3)nn(-c3ccc(C)c(F)c3)c2=O)cc1. The minimum atomic E-state index is -0.835. The van der Waals surface area contributed by atoms with Crippen molar-refractivity contribution in [1.29, 1.82) is 0 Å². The predicted octanol–water partition coefficient (Wildman–Crippen LogP) is 2.52. The second-order valence-corrected chi connectivity index (χ2v) is 7.90. The van der Waals surface area contributed by atoms with Crippen molar-refractivity contribution in [3.63, 3.8) is 0 Å². The molecule has 4 rings (SSSR count). The molecule has 0 atom stereocenters. The third kappa shape index (κ3) is 4.83. The van der Waals surface area contributed by atoms with Crippen molar-refractivity contribution in [1.82, 2.24) is 24.6 Å². The number of halogens is 1. The molecular weight excluding hydrogens is 437 g/mol. The highest BCUT2D eigenvalue weighted by Gasteiger charge is 2.21. The molecule has 2 aromatic carbocycles. The molecule has 0 aliphatic heterocycles. The molecule has 9 heteroatoms. The van der Waals surface area contributed by atoms with Gasteiger partial charge in [-0.05, 0) is 42.7 Å². The topological polar surface area (TPSA) is 98.9 Å². The molecule has 34 heavy (non-hydrogen) atoms. The van der Waals surface area contributed by atoms with Gasteiger partial charge < -0.3 is 5.32 Å². The number of amides is 1. The van der Waals surface area contributed by atoms with Gasteiger partial charge in [-0.25, -0.2) is 9.18 Å². The number of aryl methyl sites for hydroxylation is 2. The molecule has 2 heterocycles. The molecule has 0 radical (unpaired) electrons. The van der Waals surface area contributed by atoms with E-state index >= 15 is 0 Å². The zero-order chi connectivity index (χ0) is 24.2. The number of nitrogens with one attached hydrogen (secondary N) is 1. The summed E-state index contributed by atoms with van der Waals surface area (Å²) in [5, 5.41) is 6.65. The first-order chi connectivity index (χ1) is 16.3. The van der Waals surface area contributed by atoms with Crippen molar-refractivity contribution in [2.45, 2.75) is 26.9 Å². The van der Waals surface area contributed by atoms with Crippen LogP contribution in [-0.4, -0.2) is 25.2 Å². The normalized spacial score (nSPS) is 10.8. The highest BCUT2D eigenvalue weighted by molar-refractivity contribution is 5.91. The Bertz CT molecular complexity index is 1460. The smallest absolute Gasteiger partial charge is 0.346 e. The van der Waals surface area contributed by atoms with Gasteiger partial charge in [0.05, 0.1) is 12.2 Å². The molecule has 1 N–H and O–H groups in total. The van der Waals surface area contributed by atoms with Crippen molar-refractivity contribution in [3.05, 3.63) is 122 Å². The lowest BCUT2D eigenvalue weighted by atomic mass is 10.1. The molecule has 1 amide bonds. The number of nitrogens with zero attached hydrogens (tertiary/aromatic N) is 4. The van der Waals surface area contributed by atoms with E-state index in [1.807, 2.05) is 19.1 Å². The number of aromatic nitrogens is 4. The van der Waals surface area contributed by atoms with E-state index in [-0.39, 0.29) is 18.8 Å². The van der Waals surface area contributed by atoms with Crippen LogP contribution in [0.15, 0.2) is 76.6 Å². The molecule has 0 aliphatic rings. The van der Waals surface area contributed by atoms with E-state index in [2.05, 4.69) is 15.4 Å². The summed E-state index contributed by atoms with van der Waals surface area (Å²) in [6.45, 7) is 3.55. The van der Waals surface area contributed by atoms with Crippen LogP contribution in [-0.2, 0) is 13.1 Å². The summed E-state index contributed by atoms with van der Waals surface area (Å²) in [5.74, 6) is -1.29. The summed E-state index contributed by atoms with van der Waals surface area (Å²) < 4.78 is 16.0. The summed E-state index contributed by atoms with van der Waals surface area (Å²) in [6, 6.07) is 14.9. The van der Waals surface area contributed by atoms with Crippen LogP contribution in [0.2, 0.25) is 0 Å². The third-order valence-corrected chi connectivity index (χ3v) is 5.31. The first kappa shape index (κ1) is 22.8. The predicted molar refractivity (Wildman–Crippen MR) is 124 cm³/mol. The first-order valence-electron chi connectivity index (χ1n) is 10.6. The molecule has 0 spiro atoms. The van der Waals surface area contributed by atoms with Crippen molar-refractivity contribution >= 4 is 5.91 Å². The van der Waals surface area contributed by atoms with Crippen LogP contribution in [0.1, 0.15) is 32.7 Å². The van der Waals surface area contributed by atoms with Crippen molar-refractivity contribution in [2.75, 3.05) is 0 Å². The first-order valence-corrected chi connectivity index (χ1v) is 10.6. The van der Waals surface area contributed by atoms with Gasteiger partial charge in [0.25, 0.3) is 11.5 Å². The molecular formula is C25H22FN5O3. The Hall–Kier alpha value is -4.40. The molecule has 0 aliphatic carbocycles. The van der Waals surface area contributed by atoms with Gasteiger partial charge in [-0.3, -0.25) is 19.1 Å². The standard InChI is InChI=1S/C25H22FN5O3/c1-16-5-8-18(9-6-16)15-30-24(33)22(23(32)28-14-19-4-3-11-27-13-19)29-31(25(30)34)20-10-7-17(2)21(26)12-20/h3-13H,14-15H2,1-2H3,(H,28,32). The molecule has 0 fully saturated rings. The van der Waals surface area contributed by atoms with Gasteiger partial charge >= 0.3 is 5.69 Å². The molecule has 4 aromatic rings. The number of hydrogen-bond donors (Lipinski definition) is 1. The van der Waals surface area contributed by atoms with Gasteiger partial charge in [0.1, 0.15) is 5.82 Å². The third-order valence-electron chi connectivity index (χ3n) is 5.31. The second-order valence-electron chi connectivity index (χ2n) is 7.90. The fourth-order valence-electron chi connectivity index (χ4n) is 3.32. The van der Waals surface area contributed by atoms with Gasteiger partial charge in [-0.1, -0.05) is 42.0 Å². The largest absolute Gasteiger partial charge is 0.352 e.